The Morgan fingerprint density at radius 3 is 2.30 bits per heavy atom. The average molecular weight is 346 g/mol. The number of nitrogens with zero attached hydrogens (tertiary/aromatic N) is 2. The Kier molecular flexibility index (Phi) is 7.30. The third kappa shape index (κ3) is 7.18. The summed E-state index contributed by atoms with van der Waals surface area (Å²) in [6.07, 6.45) is 7.89. The normalized spacial score (nSPS) is 22.8. The topological polar surface area (TPSA) is 77.9 Å². The molecule has 134 valence electrons. The number of aliphatic carboxylic acids is 1. The summed E-state index contributed by atoms with van der Waals surface area (Å²) in [6.45, 7) is 5.52. The maximum Gasteiger partial charge on any atom is 0.318 e. The molecule has 2 fully saturated rings. The molecule has 23 heavy (non-hydrogen) atoms. The first-order valence-electron chi connectivity index (χ1n) is 8.81. The minimum atomic E-state index is -3.48. The zero-order valence-corrected chi connectivity index (χ0v) is 14.8. The molecule has 0 aromatic rings. The van der Waals surface area contributed by atoms with E-state index in [-0.39, 0.29) is 5.75 Å². The molecule has 1 aliphatic heterocycles. The van der Waals surface area contributed by atoms with Gasteiger partial charge in [0, 0.05) is 26.2 Å². The second-order valence-electron chi connectivity index (χ2n) is 6.99. The van der Waals surface area contributed by atoms with Gasteiger partial charge in [0.05, 0.1) is 5.75 Å². The highest BCUT2D eigenvalue weighted by molar-refractivity contribution is 7.92. The van der Waals surface area contributed by atoms with E-state index in [1.807, 2.05) is 0 Å². The van der Waals surface area contributed by atoms with E-state index in [1.165, 1.54) is 38.6 Å². The van der Waals surface area contributed by atoms with Crippen LogP contribution in [0.4, 0.5) is 0 Å². The predicted octanol–water partition coefficient (Wildman–Crippen LogP) is 1.07. The lowest BCUT2D eigenvalue weighted by Gasteiger charge is -2.28. The minimum Gasteiger partial charge on any atom is -0.480 e. The minimum absolute atomic E-state index is 0.0536. The van der Waals surface area contributed by atoms with Crippen molar-refractivity contribution in [1.29, 1.82) is 0 Å². The van der Waals surface area contributed by atoms with Crippen molar-refractivity contribution in [2.24, 2.45) is 5.92 Å². The van der Waals surface area contributed by atoms with E-state index in [0.29, 0.717) is 6.54 Å². The van der Waals surface area contributed by atoms with Gasteiger partial charge in [-0.05, 0) is 38.3 Å². The number of carboxylic acids is 1. The second-order valence-corrected chi connectivity index (χ2v) is 9.17. The highest BCUT2D eigenvalue weighted by Gasteiger charge is 2.22. The molecule has 2 rings (SSSR count). The number of carbonyl (C=O) groups is 1. The number of carboxylic acid groups (broad SMARTS) is 1. The molecule has 1 heterocycles. The maximum absolute atomic E-state index is 11.7. The summed E-state index contributed by atoms with van der Waals surface area (Å²) >= 11 is 0. The molecule has 0 aromatic carbocycles. The molecule has 0 amide bonds. The smallest absolute Gasteiger partial charge is 0.318 e. The molecule has 7 heteroatoms. The van der Waals surface area contributed by atoms with Crippen LogP contribution in [0.3, 0.4) is 0 Å². The van der Waals surface area contributed by atoms with Crippen molar-refractivity contribution < 1.29 is 18.3 Å². The van der Waals surface area contributed by atoms with E-state index < -0.39 is 21.6 Å². The molecule has 0 spiro atoms. The number of hydrogen-bond donors (Lipinski definition) is 1. The van der Waals surface area contributed by atoms with Gasteiger partial charge in [0.25, 0.3) is 0 Å². The molecule has 2 aliphatic rings. The quantitative estimate of drug-likeness (QED) is 0.743. The fourth-order valence-electron chi connectivity index (χ4n) is 3.69. The lowest BCUT2D eigenvalue weighted by atomic mass is 9.89. The van der Waals surface area contributed by atoms with Gasteiger partial charge in [0.15, 0.2) is 9.84 Å². The average Bonchev–Trinajstić information content (AvgIpc) is 2.70. The summed E-state index contributed by atoms with van der Waals surface area (Å²) in [6, 6.07) is 0. The third-order valence-corrected chi connectivity index (χ3v) is 6.48. The van der Waals surface area contributed by atoms with E-state index in [9.17, 15) is 13.2 Å². The highest BCUT2D eigenvalue weighted by Crippen LogP contribution is 2.24. The maximum atomic E-state index is 11.7. The predicted molar refractivity (Wildman–Crippen MR) is 90.4 cm³/mol. The molecule has 1 N–H and O–H groups in total. The highest BCUT2D eigenvalue weighted by atomic mass is 32.2. The SMILES string of the molecule is O=C(O)CS(=O)(=O)CCN1CCCN(CC2CCCCC2)CC1. The zero-order chi connectivity index (χ0) is 16.7. The van der Waals surface area contributed by atoms with Gasteiger partial charge in [-0.25, -0.2) is 8.42 Å². The Morgan fingerprint density at radius 1 is 0.957 bits per heavy atom. The van der Waals surface area contributed by atoms with Crippen LogP contribution in [-0.2, 0) is 14.6 Å². The summed E-state index contributed by atoms with van der Waals surface area (Å²) in [5, 5.41) is 8.62. The first-order valence-corrected chi connectivity index (χ1v) is 10.6. The molecule has 0 bridgehead atoms. The fraction of sp³-hybridized carbons (Fsp3) is 0.938. The standard InChI is InChI=1S/C16H30N2O4S/c19-16(20)14-23(21,22)12-11-17-7-4-8-18(10-9-17)13-15-5-2-1-3-6-15/h15H,1-14H2,(H,19,20). The zero-order valence-electron chi connectivity index (χ0n) is 14.0. The Bertz CT molecular complexity index is 474. The largest absolute Gasteiger partial charge is 0.480 e. The Balaban J connectivity index is 1.71. The lowest BCUT2D eigenvalue weighted by molar-refractivity contribution is -0.134. The van der Waals surface area contributed by atoms with Gasteiger partial charge in [0.1, 0.15) is 5.75 Å². The number of sulfone groups is 1. The summed E-state index contributed by atoms with van der Waals surface area (Å²) in [5.41, 5.74) is 0. The fourth-order valence-corrected chi connectivity index (χ4v) is 4.75. The van der Waals surface area contributed by atoms with E-state index in [1.54, 1.807) is 0 Å². The number of hydrogen-bond acceptors (Lipinski definition) is 5. The summed E-state index contributed by atoms with van der Waals surface area (Å²) in [4.78, 5) is 15.3. The van der Waals surface area contributed by atoms with Crippen molar-refractivity contribution in [1.82, 2.24) is 9.80 Å². The van der Waals surface area contributed by atoms with Gasteiger partial charge in [-0.3, -0.25) is 4.79 Å². The van der Waals surface area contributed by atoms with Crippen LogP contribution in [0.2, 0.25) is 0 Å². The monoisotopic (exact) mass is 346 g/mol. The van der Waals surface area contributed by atoms with Gasteiger partial charge in [-0.1, -0.05) is 19.3 Å². The van der Waals surface area contributed by atoms with E-state index >= 15 is 0 Å². The van der Waals surface area contributed by atoms with Gasteiger partial charge < -0.3 is 14.9 Å². The van der Waals surface area contributed by atoms with Crippen LogP contribution in [-0.4, -0.2) is 80.1 Å². The Morgan fingerprint density at radius 2 is 1.61 bits per heavy atom. The molecule has 6 nitrogen and oxygen atoms in total. The molecule has 0 radical (unpaired) electrons. The van der Waals surface area contributed by atoms with Crippen LogP contribution in [0.15, 0.2) is 0 Å². The van der Waals surface area contributed by atoms with E-state index in [2.05, 4.69) is 9.80 Å². The molecule has 1 saturated heterocycles. The van der Waals surface area contributed by atoms with Crippen molar-refractivity contribution >= 4 is 15.8 Å². The van der Waals surface area contributed by atoms with Crippen LogP contribution in [0.1, 0.15) is 38.5 Å². The van der Waals surface area contributed by atoms with Crippen molar-refractivity contribution in [3.05, 3.63) is 0 Å². The molecule has 1 aliphatic carbocycles. The summed E-state index contributed by atoms with van der Waals surface area (Å²) in [7, 11) is -3.48. The van der Waals surface area contributed by atoms with Crippen molar-refractivity contribution in [3.8, 4) is 0 Å². The molecule has 0 unspecified atom stereocenters. The van der Waals surface area contributed by atoms with Crippen LogP contribution in [0, 0.1) is 5.92 Å². The van der Waals surface area contributed by atoms with Crippen LogP contribution >= 0.6 is 0 Å². The summed E-state index contributed by atoms with van der Waals surface area (Å²) < 4.78 is 23.4. The first-order chi connectivity index (χ1) is 10.9. The van der Waals surface area contributed by atoms with Gasteiger partial charge >= 0.3 is 5.97 Å². The lowest BCUT2D eigenvalue weighted by Crippen LogP contribution is -2.36. The van der Waals surface area contributed by atoms with E-state index in [4.69, 9.17) is 5.11 Å². The van der Waals surface area contributed by atoms with Crippen LogP contribution in [0.5, 0.6) is 0 Å². The van der Waals surface area contributed by atoms with E-state index in [0.717, 1.165) is 38.5 Å². The second kappa shape index (κ2) is 8.99. The first kappa shape index (κ1) is 18.7. The summed E-state index contributed by atoms with van der Waals surface area (Å²) in [5.74, 6) is -1.23. The molecule has 1 saturated carbocycles. The van der Waals surface area contributed by atoms with Crippen molar-refractivity contribution in [3.63, 3.8) is 0 Å². The van der Waals surface area contributed by atoms with Crippen LogP contribution in [0.25, 0.3) is 0 Å². The number of rotatable bonds is 7. The molecular formula is C16H30N2O4S. The molecular weight excluding hydrogens is 316 g/mol. The van der Waals surface area contributed by atoms with Crippen LogP contribution < -0.4 is 0 Å². The molecule has 0 aromatic heterocycles. The Labute approximate surface area is 139 Å². The van der Waals surface area contributed by atoms with Crippen molar-refractivity contribution in [2.45, 2.75) is 38.5 Å². The molecule has 0 atom stereocenters. The van der Waals surface area contributed by atoms with Crippen molar-refractivity contribution in [2.75, 3.05) is 50.8 Å². The van der Waals surface area contributed by atoms with Gasteiger partial charge in [-0.15, -0.1) is 0 Å². The van der Waals surface area contributed by atoms with Gasteiger partial charge in [-0.2, -0.15) is 0 Å². The van der Waals surface area contributed by atoms with Gasteiger partial charge in [0.2, 0.25) is 0 Å². The third-order valence-electron chi connectivity index (χ3n) is 4.98. The Hall–Kier alpha value is -0.660.